The molecule has 0 aromatic rings. The summed E-state index contributed by atoms with van der Waals surface area (Å²) in [6.07, 6.45) is 9.52. The normalized spacial score (nSPS) is 11.1. The van der Waals surface area contributed by atoms with Gasteiger partial charge in [0, 0.05) is 5.75 Å². The summed E-state index contributed by atoms with van der Waals surface area (Å²) in [6.45, 7) is 4.27. The highest BCUT2D eigenvalue weighted by Gasteiger charge is 1.87. The second-order valence-corrected chi connectivity index (χ2v) is 3.59. The van der Waals surface area contributed by atoms with Crippen molar-refractivity contribution in [3.05, 3.63) is 17.9 Å². The monoisotopic (exact) mass is 171 g/mol. The topological polar surface area (TPSA) is 0 Å². The molecule has 0 atom stereocenters. The molecule has 1 heteroatoms. The summed E-state index contributed by atoms with van der Waals surface area (Å²) in [4.78, 5) is 0. The van der Waals surface area contributed by atoms with Crippen LogP contribution in [0, 0.1) is 5.75 Å². The Kier molecular flexibility index (Phi) is 10.2. The van der Waals surface area contributed by atoms with Crippen molar-refractivity contribution in [2.75, 3.05) is 5.75 Å². The minimum atomic E-state index is 1.19. The van der Waals surface area contributed by atoms with E-state index in [1.54, 1.807) is 0 Å². The summed E-state index contributed by atoms with van der Waals surface area (Å²) >= 11 is 1.96. The highest BCUT2D eigenvalue weighted by molar-refractivity contribution is 8.01. The van der Waals surface area contributed by atoms with Gasteiger partial charge in [-0.15, -0.1) is 0 Å². The van der Waals surface area contributed by atoms with Crippen LogP contribution in [0.2, 0.25) is 0 Å². The standard InChI is InChI=1S/C10H19S/c1-3-5-6-7-8-10-11-9-4-2/h3,5,9H,4,6-8,10H2,1-2H3/b5-3+. The molecule has 0 bridgehead atoms. The predicted octanol–water partition coefficient (Wildman–Crippen LogP) is 4.04. The molecule has 0 heterocycles. The van der Waals surface area contributed by atoms with E-state index < -0.39 is 0 Å². The van der Waals surface area contributed by atoms with E-state index in [-0.39, 0.29) is 0 Å². The highest BCUT2D eigenvalue weighted by Crippen LogP contribution is 2.11. The molecule has 11 heavy (non-hydrogen) atoms. The van der Waals surface area contributed by atoms with Crippen molar-refractivity contribution in [3.8, 4) is 0 Å². The Balaban J connectivity index is 2.79. The van der Waals surface area contributed by atoms with Crippen molar-refractivity contribution < 1.29 is 0 Å². The van der Waals surface area contributed by atoms with Gasteiger partial charge in [0.1, 0.15) is 0 Å². The molecule has 0 aliphatic heterocycles. The van der Waals surface area contributed by atoms with Crippen LogP contribution < -0.4 is 0 Å². The molecule has 0 spiro atoms. The van der Waals surface area contributed by atoms with E-state index in [0.717, 1.165) is 0 Å². The van der Waals surface area contributed by atoms with Gasteiger partial charge in [-0.05, 0) is 38.4 Å². The molecule has 0 unspecified atom stereocenters. The molecule has 0 amide bonds. The fraction of sp³-hybridized carbons (Fsp3) is 0.700. The average Bonchev–Trinajstić information content (AvgIpc) is 2.03. The number of thioether (sulfide) groups is 1. The lowest BCUT2D eigenvalue weighted by Gasteiger charge is -1.96. The summed E-state index contributed by atoms with van der Waals surface area (Å²) in [5, 5.41) is 0. The van der Waals surface area contributed by atoms with E-state index in [1.807, 2.05) is 11.8 Å². The summed E-state index contributed by atoms with van der Waals surface area (Å²) in [5.41, 5.74) is 0. The lowest BCUT2D eigenvalue weighted by atomic mass is 10.2. The van der Waals surface area contributed by atoms with Crippen molar-refractivity contribution in [2.24, 2.45) is 0 Å². The number of hydrogen-bond donors (Lipinski definition) is 0. The molecule has 0 saturated carbocycles. The third-order valence-electron chi connectivity index (χ3n) is 1.40. The van der Waals surface area contributed by atoms with E-state index in [1.165, 1.54) is 31.4 Å². The molecule has 0 aromatic heterocycles. The third kappa shape index (κ3) is 10.1. The zero-order chi connectivity index (χ0) is 8.36. The first-order chi connectivity index (χ1) is 5.41. The van der Waals surface area contributed by atoms with E-state index in [0.29, 0.717) is 0 Å². The van der Waals surface area contributed by atoms with Gasteiger partial charge in [0.05, 0.1) is 0 Å². The number of rotatable bonds is 7. The first-order valence-electron chi connectivity index (χ1n) is 4.46. The smallest absolute Gasteiger partial charge is 0.0163 e. The first kappa shape index (κ1) is 11.1. The van der Waals surface area contributed by atoms with E-state index in [9.17, 15) is 0 Å². The van der Waals surface area contributed by atoms with Crippen LogP contribution in [0.3, 0.4) is 0 Å². The van der Waals surface area contributed by atoms with E-state index in [2.05, 4.69) is 31.8 Å². The fourth-order valence-corrected chi connectivity index (χ4v) is 1.59. The van der Waals surface area contributed by atoms with Crippen LogP contribution >= 0.6 is 11.8 Å². The minimum absolute atomic E-state index is 1.19. The Morgan fingerprint density at radius 2 is 2.09 bits per heavy atom. The van der Waals surface area contributed by atoms with Gasteiger partial charge in [0.25, 0.3) is 0 Å². The van der Waals surface area contributed by atoms with Crippen LogP contribution in [0.4, 0.5) is 0 Å². The van der Waals surface area contributed by atoms with Gasteiger partial charge in [0.2, 0.25) is 0 Å². The largest absolute Gasteiger partial charge is 0.157 e. The number of allylic oxidation sites excluding steroid dienone is 2. The molecule has 0 saturated heterocycles. The first-order valence-corrected chi connectivity index (χ1v) is 5.51. The second kappa shape index (κ2) is 10.1. The Bertz CT molecular complexity index is 86.9. The van der Waals surface area contributed by atoms with Crippen molar-refractivity contribution in [3.63, 3.8) is 0 Å². The van der Waals surface area contributed by atoms with Crippen LogP contribution in [0.5, 0.6) is 0 Å². The lowest BCUT2D eigenvalue weighted by molar-refractivity contribution is 0.822. The maximum Gasteiger partial charge on any atom is 0.0163 e. The van der Waals surface area contributed by atoms with Crippen molar-refractivity contribution in [2.45, 2.75) is 39.5 Å². The molecule has 0 nitrogen and oxygen atoms in total. The highest BCUT2D eigenvalue weighted by atomic mass is 32.2. The molecule has 0 aliphatic carbocycles. The van der Waals surface area contributed by atoms with Crippen molar-refractivity contribution in [1.29, 1.82) is 0 Å². The SMILES string of the molecule is C/C=C/CCCCS[CH]CC. The molecule has 65 valence electrons. The summed E-state index contributed by atoms with van der Waals surface area (Å²) in [7, 11) is 0. The second-order valence-electron chi connectivity index (χ2n) is 2.51. The summed E-state index contributed by atoms with van der Waals surface area (Å²) in [6, 6.07) is 0. The van der Waals surface area contributed by atoms with Crippen LogP contribution in [-0.4, -0.2) is 5.75 Å². The van der Waals surface area contributed by atoms with Gasteiger partial charge in [0.15, 0.2) is 0 Å². The molecular formula is C10H19S. The molecule has 0 aliphatic rings. The van der Waals surface area contributed by atoms with Gasteiger partial charge in [-0.2, -0.15) is 11.8 Å². The molecule has 0 fully saturated rings. The number of unbranched alkanes of at least 4 members (excludes halogenated alkanes) is 2. The van der Waals surface area contributed by atoms with E-state index in [4.69, 9.17) is 0 Å². The van der Waals surface area contributed by atoms with Crippen molar-refractivity contribution in [1.82, 2.24) is 0 Å². The molecule has 0 rings (SSSR count). The molecule has 0 N–H and O–H groups in total. The quantitative estimate of drug-likeness (QED) is 0.411. The lowest BCUT2D eigenvalue weighted by Crippen LogP contribution is -1.78. The van der Waals surface area contributed by atoms with Gasteiger partial charge < -0.3 is 0 Å². The third-order valence-corrected chi connectivity index (χ3v) is 2.50. The maximum absolute atomic E-state index is 2.29. The summed E-state index contributed by atoms with van der Waals surface area (Å²) in [5.74, 6) is 3.58. The molecule has 0 aromatic carbocycles. The van der Waals surface area contributed by atoms with Crippen LogP contribution in [0.1, 0.15) is 39.5 Å². The molecular weight excluding hydrogens is 152 g/mol. The Hall–Kier alpha value is 0.0900. The van der Waals surface area contributed by atoms with Crippen LogP contribution in [-0.2, 0) is 0 Å². The van der Waals surface area contributed by atoms with Gasteiger partial charge >= 0.3 is 0 Å². The molecule has 1 radical (unpaired) electrons. The van der Waals surface area contributed by atoms with Crippen molar-refractivity contribution >= 4 is 11.8 Å². The van der Waals surface area contributed by atoms with Crippen LogP contribution in [0.15, 0.2) is 12.2 Å². The summed E-state index contributed by atoms with van der Waals surface area (Å²) < 4.78 is 0. The van der Waals surface area contributed by atoms with Gasteiger partial charge in [-0.3, -0.25) is 0 Å². The zero-order valence-electron chi connectivity index (χ0n) is 7.68. The van der Waals surface area contributed by atoms with Crippen LogP contribution in [0.25, 0.3) is 0 Å². The Labute approximate surface area is 75.5 Å². The Morgan fingerprint density at radius 3 is 2.73 bits per heavy atom. The fourth-order valence-electron chi connectivity index (χ4n) is 0.815. The average molecular weight is 171 g/mol. The number of hydrogen-bond acceptors (Lipinski definition) is 1. The van der Waals surface area contributed by atoms with E-state index >= 15 is 0 Å². The zero-order valence-corrected chi connectivity index (χ0v) is 8.49. The predicted molar refractivity (Wildman–Crippen MR) is 55.7 cm³/mol. The maximum atomic E-state index is 2.29. The van der Waals surface area contributed by atoms with Gasteiger partial charge in [-0.1, -0.05) is 19.1 Å². The Morgan fingerprint density at radius 1 is 1.27 bits per heavy atom. The minimum Gasteiger partial charge on any atom is -0.157 e. The van der Waals surface area contributed by atoms with Gasteiger partial charge in [-0.25, -0.2) is 0 Å².